The highest BCUT2D eigenvalue weighted by molar-refractivity contribution is 7.26. The lowest BCUT2D eigenvalue weighted by molar-refractivity contribution is 1.31. The molecule has 140 valence electrons. The summed E-state index contributed by atoms with van der Waals surface area (Å²) in [7, 11) is 0. The summed E-state index contributed by atoms with van der Waals surface area (Å²) >= 11 is 1.62. The number of pyridine rings is 2. The van der Waals surface area contributed by atoms with Crippen LogP contribution in [0.3, 0.4) is 0 Å². The van der Waals surface area contributed by atoms with Gasteiger partial charge < -0.3 is 4.40 Å². The minimum Gasteiger partial charge on any atom is -0.307 e. The second-order valence-electron chi connectivity index (χ2n) is 7.65. The second-order valence-corrected chi connectivity index (χ2v) is 8.70. The number of para-hydroxylation sites is 2. The molecule has 3 heterocycles. The molecule has 0 bridgehead atoms. The number of benzene rings is 4. The molecule has 0 aliphatic heterocycles. The van der Waals surface area contributed by atoms with Gasteiger partial charge in [0.2, 0.25) is 0 Å². The minimum atomic E-state index is -0.0255. The lowest BCUT2D eigenvalue weighted by Gasteiger charge is -2.15. The number of nitrogens with zero attached hydrogens (tertiary/aromatic N) is 1. The van der Waals surface area contributed by atoms with Crippen LogP contribution in [-0.2, 0) is 0 Å². The monoisotopic (exact) mass is 403 g/mol. The van der Waals surface area contributed by atoms with E-state index in [0.717, 1.165) is 36.7 Å². The summed E-state index contributed by atoms with van der Waals surface area (Å²) in [6.45, 7) is 0. The van der Waals surface area contributed by atoms with Crippen molar-refractivity contribution in [2.24, 2.45) is 0 Å². The van der Waals surface area contributed by atoms with Crippen LogP contribution in [0, 0.1) is 0 Å². The van der Waals surface area contributed by atoms with E-state index < -0.39 is 0 Å². The summed E-state index contributed by atoms with van der Waals surface area (Å²) in [5.74, 6) is 0. The predicted molar refractivity (Wildman–Crippen MR) is 127 cm³/mol. The van der Waals surface area contributed by atoms with Crippen LogP contribution in [0.4, 0.5) is 0 Å². The van der Waals surface area contributed by atoms with E-state index in [1.54, 1.807) is 11.3 Å². The molecule has 4 aromatic carbocycles. The highest BCUT2D eigenvalue weighted by Gasteiger charge is 2.21. The standard InChI is InChI=1S/C26H13NO2S/c28-24-15-8-1-4-10-19(15)27-20-11-5-2-9-16(20)25(29)22-23(27)18(24)13-17-14-7-3-6-12-21(14)30-26(17)22/h1-13H. The molecule has 0 saturated heterocycles. The van der Waals surface area contributed by atoms with Gasteiger partial charge in [-0.3, -0.25) is 9.59 Å². The lowest BCUT2D eigenvalue weighted by Crippen LogP contribution is -2.14. The number of aromatic nitrogens is 1. The summed E-state index contributed by atoms with van der Waals surface area (Å²) in [6, 6.07) is 25.5. The van der Waals surface area contributed by atoms with Gasteiger partial charge in [-0.2, -0.15) is 0 Å². The fourth-order valence-corrected chi connectivity index (χ4v) is 6.06. The molecule has 7 aromatic rings. The zero-order chi connectivity index (χ0) is 20.0. The third-order valence-electron chi connectivity index (χ3n) is 6.12. The first-order chi connectivity index (χ1) is 14.7. The lowest BCUT2D eigenvalue weighted by atomic mass is 10.00. The number of fused-ring (bicyclic) bond motifs is 8. The van der Waals surface area contributed by atoms with Crippen LogP contribution in [0.1, 0.15) is 0 Å². The first-order valence-corrected chi connectivity index (χ1v) is 10.6. The van der Waals surface area contributed by atoms with Gasteiger partial charge in [0.05, 0.1) is 21.9 Å². The Morgan fingerprint density at radius 1 is 0.600 bits per heavy atom. The summed E-state index contributed by atoms with van der Waals surface area (Å²) in [5.41, 5.74) is 2.35. The molecular weight excluding hydrogens is 390 g/mol. The molecule has 0 saturated carbocycles. The van der Waals surface area contributed by atoms with Crippen molar-refractivity contribution < 1.29 is 0 Å². The van der Waals surface area contributed by atoms with Gasteiger partial charge in [-0.05, 0) is 36.4 Å². The van der Waals surface area contributed by atoms with Crippen LogP contribution in [0.15, 0.2) is 88.5 Å². The van der Waals surface area contributed by atoms with Crippen molar-refractivity contribution in [2.45, 2.75) is 0 Å². The predicted octanol–water partition coefficient (Wildman–Crippen LogP) is 5.93. The largest absolute Gasteiger partial charge is 0.307 e. The average Bonchev–Trinajstić information content (AvgIpc) is 3.16. The molecule has 0 aliphatic carbocycles. The Morgan fingerprint density at radius 2 is 1.20 bits per heavy atom. The molecule has 7 rings (SSSR count). The van der Waals surface area contributed by atoms with Crippen LogP contribution in [0.5, 0.6) is 0 Å². The van der Waals surface area contributed by atoms with Crippen LogP contribution < -0.4 is 10.9 Å². The second kappa shape index (κ2) is 5.43. The van der Waals surface area contributed by atoms with Gasteiger partial charge in [-0.1, -0.05) is 42.5 Å². The van der Waals surface area contributed by atoms with E-state index in [9.17, 15) is 9.59 Å². The summed E-state index contributed by atoms with van der Waals surface area (Å²) in [5, 5.41) is 4.64. The quantitative estimate of drug-likeness (QED) is 0.233. The van der Waals surface area contributed by atoms with Gasteiger partial charge in [0, 0.05) is 36.3 Å². The third-order valence-corrected chi connectivity index (χ3v) is 7.32. The van der Waals surface area contributed by atoms with Crippen LogP contribution >= 0.6 is 11.3 Å². The molecule has 0 spiro atoms. The number of hydrogen-bond donors (Lipinski definition) is 0. The van der Waals surface area contributed by atoms with Crippen molar-refractivity contribution in [3.05, 3.63) is 99.3 Å². The Kier molecular flexibility index (Phi) is 2.91. The van der Waals surface area contributed by atoms with E-state index in [-0.39, 0.29) is 10.9 Å². The van der Waals surface area contributed by atoms with E-state index in [1.807, 2.05) is 66.7 Å². The molecule has 0 aliphatic rings. The Balaban J connectivity index is 1.99. The summed E-state index contributed by atoms with van der Waals surface area (Å²) < 4.78 is 4.17. The van der Waals surface area contributed by atoms with Crippen molar-refractivity contribution in [3.8, 4) is 0 Å². The maximum atomic E-state index is 13.7. The van der Waals surface area contributed by atoms with Gasteiger partial charge in [0.25, 0.3) is 0 Å². The Bertz CT molecular complexity index is 1930. The molecule has 0 atom stereocenters. The van der Waals surface area contributed by atoms with Crippen molar-refractivity contribution in [2.75, 3.05) is 0 Å². The smallest absolute Gasteiger partial charge is 0.198 e. The summed E-state index contributed by atoms with van der Waals surface area (Å²) in [4.78, 5) is 27.3. The number of hydrogen-bond acceptors (Lipinski definition) is 3. The normalized spacial score (nSPS) is 12.3. The molecule has 0 amide bonds. The fourth-order valence-electron chi connectivity index (χ4n) is 4.84. The van der Waals surface area contributed by atoms with Gasteiger partial charge in [-0.15, -0.1) is 11.3 Å². The van der Waals surface area contributed by atoms with E-state index in [1.165, 1.54) is 0 Å². The zero-order valence-corrected chi connectivity index (χ0v) is 16.5. The molecule has 0 fully saturated rings. The molecule has 0 N–H and O–H groups in total. The molecule has 0 unspecified atom stereocenters. The van der Waals surface area contributed by atoms with E-state index in [2.05, 4.69) is 16.5 Å². The highest BCUT2D eigenvalue weighted by atomic mass is 32.1. The van der Waals surface area contributed by atoms with Gasteiger partial charge in [-0.25, -0.2) is 0 Å². The molecule has 4 heteroatoms. The van der Waals surface area contributed by atoms with Gasteiger partial charge in [0.1, 0.15) is 0 Å². The number of rotatable bonds is 0. The minimum absolute atomic E-state index is 0.0116. The molecular formula is C26H13NO2S. The van der Waals surface area contributed by atoms with Crippen molar-refractivity contribution in [1.82, 2.24) is 4.40 Å². The summed E-state index contributed by atoms with van der Waals surface area (Å²) in [6.07, 6.45) is 0. The van der Waals surface area contributed by atoms with E-state index in [4.69, 9.17) is 0 Å². The first kappa shape index (κ1) is 16.1. The van der Waals surface area contributed by atoms with Crippen LogP contribution in [0.2, 0.25) is 0 Å². The number of thiophene rings is 1. The van der Waals surface area contributed by atoms with Crippen molar-refractivity contribution in [3.63, 3.8) is 0 Å². The molecule has 30 heavy (non-hydrogen) atoms. The Morgan fingerprint density at radius 3 is 1.93 bits per heavy atom. The SMILES string of the molecule is O=c1c2ccccc2n2c3ccccc3c(=O)c3c4sc5ccccc5c4cc1c32. The van der Waals surface area contributed by atoms with E-state index >= 15 is 0 Å². The third kappa shape index (κ3) is 1.80. The maximum absolute atomic E-state index is 13.7. The van der Waals surface area contributed by atoms with Crippen molar-refractivity contribution >= 4 is 69.6 Å². The Labute approximate surface area is 173 Å². The van der Waals surface area contributed by atoms with Crippen molar-refractivity contribution in [1.29, 1.82) is 0 Å². The van der Waals surface area contributed by atoms with Gasteiger partial charge >= 0.3 is 0 Å². The maximum Gasteiger partial charge on any atom is 0.198 e. The zero-order valence-electron chi connectivity index (χ0n) is 15.7. The first-order valence-electron chi connectivity index (χ1n) is 9.80. The van der Waals surface area contributed by atoms with Gasteiger partial charge in [0.15, 0.2) is 10.9 Å². The molecule has 3 aromatic heterocycles. The highest BCUT2D eigenvalue weighted by Crippen LogP contribution is 2.40. The van der Waals surface area contributed by atoms with Crippen LogP contribution in [-0.4, -0.2) is 4.40 Å². The fraction of sp³-hybridized carbons (Fsp3) is 0. The molecule has 0 radical (unpaired) electrons. The van der Waals surface area contributed by atoms with E-state index in [0.29, 0.717) is 21.5 Å². The molecule has 3 nitrogen and oxygen atoms in total. The topological polar surface area (TPSA) is 38.5 Å². The van der Waals surface area contributed by atoms with Crippen LogP contribution in [0.25, 0.3) is 58.3 Å². The average molecular weight is 403 g/mol. The Hall–Kier alpha value is -3.76.